The zero-order chi connectivity index (χ0) is 12.8. The summed E-state index contributed by atoms with van der Waals surface area (Å²) < 4.78 is 0. The predicted octanol–water partition coefficient (Wildman–Crippen LogP) is 3.22. The molecular formula is C15H13NO2. The van der Waals surface area contributed by atoms with Gasteiger partial charge in [0.15, 0.2) is 0 Å². The van der Waals surface area contributed by atoms with Crippen LogP contribution in [-0.2, 0) is 4.79 Å². The summed E-state index contributed by atoms with van der Waals surface area (Å²) in [6, 6.07) is 18.5. The van der Waals surface area contributed by atoms with Crippen LogP contribution in [0.25, 0.3) is 5.57 Å². The van der Waals surface area contributed by atoms with Gasteiger partial charge in [-0.2, -0.15) is 0 Å². The van der Waals surface area contributed by atoms with Crippen molar-refractivity contribution in [2.45, 2.75) is 0 Å². The Morgan fingerprint density at radius 2 is 1.50 bits per heavy atom. The quantitative estimate of drug-likeness (QED) is 0.805. The molecule has 0 fully saturated rings. The Hall–Kier alpha value is -2.55. The maximum atomic E-state index is 11.2. The minimum absolute atomic E-state index is 0.236. The lowest BCUT2D eigenvalue weighted by molar-refractivity contribution is -0.130. The van der Waals surface area contributed by atoms with Crippen molar-refractivity contribution in [1.29, 1.82) is 0 Å². The molecule has 90 valence electrons. The van der Waals surface area contributed by atoms with Gasteiger partial charge in [-0.15, -0.1) is 0 Å². The molecule has 0 bridgehead atoms. The van der Waals surface area contributed by atoms with E-state index in [4.69, 9.17) is 0 Å². The Bertz CT molecular complexity index is 547. The summed E-state index contributed by atoms with van der Waals surface area (Å²) >= 11 is 0. The average molecular weight is 239 g/mol. The topological polar surface area (TPSA) is 49.3 Å². The second-order valence-corrected chi connectivity index (χ2v) is 3.74. The van der Waals surface area contributed by atoms with Crippen molar-refractivity contribution in [3.05, 3.63) is 72.4 Å². The van der Waals surface area contributed by atoms with Crippen LogP contribution in [0.15, 0.2) is 66.9 Å². The molecule has 0 aliphatic heterocycles. The van der Waals surface area contributed by atoms with Crippen molar-refractivity contribution in [2.24, 2.45) is 0 Å². The van der Waals surface area contributed by atoms with Crippen molar-refractivity contribution in [2.75, 3.05) is 5.32 Å². The number of anilines is 1. The predicted molar refractivity (Wildman–Crippen MR) is 72.1 cm³/mol. The highest BCUT2D eigenvalue weighted by Gasteiger charge is 2.09. The first kappa shape index (κ1) is 11.9. The number of rotatable bonds is 4. The Morgan fingerprint density at radius 1 is 0.944 bits per heavy atom. The molecule has 0 spiro atoms. The third-order valence-electron chi connectivity index (χ3n) is 2.47. The highest BCUT2D eigenvalue weighted by molar-refractivity contribution is 6.15. The minimum atomic E-state index is -0.954. The van der Waals surface area contributed by atoms with E-state index in [1.807, 2.05) is 48.5 Å². The molecule has 0 aromatic heterocycles. The molecule has 2 rings (SSSR count). The van der Waals surface area contributed by atoms with Gasteiger partial charge in [0.25, 0.3) is 0 Å². The van der Waals surface area contributed by atoms with Crippen molar-refractivity contribution < 1.29 is 9.90 Å². The summed E-state index contributed by atoms with van der Waals surface area (Å²) in [5.41, 5.74) is 1.76. The zero-order valence-electron chi connectivity index (χ0n) is 9.71. The zero-order valence-corrected chi connectivity index (χ0v) is 9.71. The van der Waals surface area contributed by atoms with E-state index in [9.17, 15) is 9.90 Å². The molecule has 2 N–H and O–H groups in total. The molecule has 0 aliphatic carbocycles. The van der Waals surface area contributed by atoms with Gasteiger partial charge in [-0.05, 0) is 17.7 Å². The first-order valence-corrected chi connectivity index (χ1v) is 5.58. The van der Waals surface area contributed by atoms with Crippen LogP contribution in [0.2, 0.25) is 0 Å². The van der Waals surface area contributed by atoms with Crippen LogP contribution in [0, 0.1) is 0 Å². The molecule has 0 atom stereocenters. The van der Waals surface area contributed by atoms with Gasteiger partial charge in [0.2, 0.25) is 0 Å². The Kier molecular flexibility index (Phi) is 3.76. The van der Waals surface area contributed by atoms with Crippen molar-refractivity contribution in [1.82, 2.24) is 0 Å². The number of nitrogens with one attached hydrogen (secondary N) is 1. The number of carboxylic acids is 1. The van der Waals surface area contributed by atoms with E-state index in [2.05, 4.69) is 5.32 Å². The number of aliphatic carboxylic acids is 1. The van der Waals surface area contributed by atoms with Gasteiger partial charge < -0.3 is 10.4 Å². The molecule has 3 heteroatoms. The van der Waals surface area contributed by atoms with Crippen LogP contribution >= 0.6 is 0 Å². The smallest absolute Gasteiger partial charge is 0.337 e. The number of carboxylic acid groups (broad SMARTS) is 1. The van der Waals surface area contributed by atoms with E-state index in [0.29, 0.717) is 5.56 Å². The normalized spacial score (nSPS) is 11.0. The molecule has 0 unspecified atom stereocenters. The molecule has 0 saturated heterocycles. The Morgan fingerprint density at radius 3 is 2.06 bits per heavy atom. The van der Waals surface area contributed by atoms with Crippen molar-refractivity contribution in [3.63, 3.8) is 0 Å². The van der Waals surface area contributed by atoms with Gasteiger partial charge in [-0.3, -0.25) is 0 Å². The highest BCUT2D eigenvalue weighted by atomic mass is 16.4. The summed E-state index contributed by atoms with van der Waals surface area (Å²) in [7, 11) is 0. The number of benzene rings is 2. The number of hydrogen-bond acceptors (Lipinski definition) is 2. The van der Waals surface area contributed by atoms with Crippen molar-refractivity contribution in [3.8, 4) is 0 Å². The highest BCUT2D eigenvalue weighted by Crippen LogP contribution is 2.15. The lowest BCUT2D eigenvalue weighted by Crippen LogP contribution is -2.02. The summed E-state index contributed by atoms with van der Waals surface area (Å²) in [5, 5.41) is 12.2. The molecule has 3 nitrogen and oxygen atoms in total. The maximum Gasteiger partial charge on any atom is 0.337 e. The van der Waals surface area contributed by atoms with Crippen molar-refractivity contribution >= 4 is 17.2 Å². The summed E-state index contributed by atoms with van der Waals surface area (Å²) in [6.07, 6.45) is 1.51. The molecule has 0 aliphatic rings. The molecule has 0 radical (unpaired) electrons. The van der Waals surface area contributed by atoms with Crippen LogP contribution in [0.5, 0.6) is 0 Å². The molecular weight excluding hydrogens is 226 g/mol. The fourth-order valence-corrected chi connectivity index (χ4v) is 1.58. The standard InChI is InChI=1S/C15H13NO2/c17-15(18)14(12-7-3-1-4-8-12)11-16-13-9-5-2-6-10-13/h1-11,16H,(H,17,18). The van der Waals surface area contributed by atoms with Crippen LogP contribution in [0.4, 0.5) is 5.69 Å². The molecule has 2 aromatic rings. The van der Waals surface area contributed by atoms with Gasteiger partial charge in [0.1, 0.15) is 0 Å². The third kappa shape index (κ3) is 2.98. The SMILES string of the molecule is O=C(O)C(=CNc1ccccc1)c1ccccc1. The lowest BCUT2D eigenvalue weighted by atomic mass is 10.1. The van der Waals surface area contributed by atoms with E-state index in [1.165, 1.54) is 6.20 Å². The average Bonchev–Trinajstić information content (AvgIpc) is 2.41. The van der Waals surface area contributed by atoms with E-state index < -0.39 is 5.97 Å². The maximum absolute atomic E-state index is 11.2. The van der Waals surface area contributed by atoms with Gasteiger partial charge in [-0.25, -0.2) is 4.79 Å². The van der Waals surface area contributed by atoms with E-state index in [0.717, 1.165) is 5.69 Å². The van der Waals surface area contributed by atoms with Gasteiger partial charge >= 0.3 is 5.97 Å². The summed E-state index contributed by atoms with van der Waals surface area (Å²) in [5.74, 6) is -0.954. The monoisotopic (exact) mass is 239 g/mol. The second kappa shape index (κ2) is 5.68. The van der Waals surface area contributed by atoms with Gasteiger partial charge in [0, 0.05) is 11.9 Å². The number of carbonyl (C=O) groups is 1. The van der Waals surface area contributed by atoms with E-state index >= 15 is 0 Å². The Balaban J connectivity index is 2.24. The van der Waals surface area contributed by atoms with Gasteiger partial charge in [-0.1, -0.05) is 48.5 Å². The Labute approximate surface area is 105 Å². The number of para-hydroxylation sites is 1. The fourth-order valence-electron chi connectivity index (χ4n) is 1.58. The molecule has 0 amide bonds. The third-order valence-corrected chi connectivity index (χ3v) is 2.47. The molecule has 0 heterocycles. The first-order chi connectivity index (χ1) is 8.77. The van der Waals surface area contributed by atoms with Crippen LogP contribution < -0.4 is 5.32 Å². The van der Waals surface area contributed by atoms with Crippen LogP contribution in [0.3, 0.4) is 0 Å². The summed E-state index contributed by atoms with van der Waals surface area (Å²) in [4.78, 5) is 11.2. The largest absolute Gasteiger partial charge is 0.478 e. The fraction of sp³-hybridized carbons (Fsp3) is 0. The van der Waals surface area contributed by atoms with Crippen LogP contribution in [-0.4, -0.2) is 11.1 Å². The summed E-state index contributed by atoms with van der Waals surface area (Å²) in [6.45, 7) is 0. The minimum Gasteiger partial charge on any atom is -0.478 e. The van der Waals surface area contributed by atoms with E-state index in [1.54, 1.807) is 12.1 Å². The molecule has 2 aromatic carbocycles. The van der Waals surface area contributed by atoms with Crippen LogP contribution in [0.1, 0.15) is 5.56 Å². The van der Waals surface area contributed by atoms with E-state index in [-0.39, 0.29) is 5.57 Å². The lowest BCUT2D eigenvalue weighted by Gasteiger charge is -2.04. The molecule has 18 heavy (non-hydrogen) atoms. The van der Waals surface area contributed by atoms with Gasteiger partial charge in [0.05, 0.1) is 5.57 Å². The number of hydrogen-bond donors (Lipinski definition) is 2. The first-order valence-electron chi connectivity index (χ1n) is 5.58. The second-order valence-electron chi connectivity index (χ2n) is 3.74. The molecule has 0 saturated carbocycles.